The molecule has 6 nitrogen and oxygen atoms in total. The fraction of sp³-hybridized carbons (Fsp3) is 0.762. The molecule has 2 aliphatic heterocycles. The van der Waals surface area contributed by atoms with Crippen molar-refractivity contribution in [3.63, 3.8) is 0 Å². The van der Waals surface area contributed by atoms with Crippen molar-refractivity contribution in [2.24, 2.45) is 17.8 Å². The lowest BCUT2D eigenvalue weighted by molar-refractivity contribution is -0.160. The van der Waals surface area contributed by atoms with Gasteiger partial charge >= 0.3 is 6.18 Å². The number of alkyl halides is 3. The Morgan fingerprint density at radius 2 is 1.81 bits per heavy atom. The summed E-state index contributed by atoms with van der Waals surface area (Å²) >= 11 is 5.89. The van der Waals surface area contributed by atoms with Gasteiger partial charge in [0.2, 0.25) is 5.91 Å². The second-order valence-electron chi connectivity index (χ2n) is 9.47. The van der Waals surface area contributed by atoms with E-state index in [1.807, 2.05) is 4.90 Å². The average Bonchev–Trinajstić information content (AvgIpc) is 3.35. The molecule has 1 aromatic heterocycles. The van der Waals surface area contributed by atoms with E-state index in [1.165, 1.54) is 6.07 Å². The molecule has 3 heterocycles. The van der Waals surface area contributed by atoms with Crippen LogP contribution in [0.25, 0.3) is 0 Å². The van der Waals surface area contributed by atoms with Crippen LogP contribution in [-0.4, -0.2) is 59.5 Å². The molecule has 3 atom stereocenters. The highest BCUT2D eigenvalue weighted by molar-refractivity contribution is 6.29. The Balaban J connectivity index is 1.24. The third-order valence-corrected chi connectivity index (χ3v) is 7.73. The van der Waals surface area contributed by atoms with Crippen LogP contribution < -0.4 is 5.32 Å². The third-order valence-electron chi connectivity index (χ3n) is 7.55. The second kappa shape index (κ2) is 7.76. The van der Waals surface area contributed by atoms with Crippen LogP contribution in [0.1, 0.15) is 44.1 Å². The fourth-order valence-electron chi connectivity index (χ4n) is 5.66. The van der Waals surface area contributed by atoms with Gasteiger partial charge in [0, 0.05) is 43.8 Å². The predicted molar refractivity (Wildman–Crippen MR) is 108 cm³/mol. The van der Waals surface area contributed by atoms with E-state index in [-0.39, 0.29) is 47.2 Å². The Labute approximate surface area is 183 Å². The summed E-state index contributed by atoms with van der Waals surface area (Å²) < 4.78 is 46.5. The number of anilines is 1. The number of nitrogens with one attached hydrogen (secondary N) is 1. The molecule has 0 bridgehead atoms. The molecule has 2 saturated carbocycles. The summed E-state index contributed by atoms with van der Waals surface area (Å²) in [5.74, 6) is 1.21. The van der Waals surface area contributed by atoms with Crippen molar-refractivity contribution >= 4 is 23.3 Å². The number of hydrogen-bond donors (Lipinski definition) is 1. The smallest absolute Gasteiger partial charge is 0.381 e. The van der Waals surface area contributed by atoms with Gasteiger partial charge < -0.3 is 15.0 Å². The molecule has 4 fully saturated rings. The van der Waals surface area contributed by atoms with Crippen LogP contribution in [0.4, 0.5) is 19.0 Å². The normalized spacial score (nSPS) is 30.3. The van der Waals surface area contributed by atoms with Crippen LogP contribution in [0, 0.1) is 17.8 Å². The monoisotopic (exact) mass is 458 g/mol. The van der Waals surface area contributed by atoms with Gasteiger partial charge in [-0.1, -0.05) is 11.6 Å². The van der Waals surface area contributed by atoms with Crippen LogP contribution in [0.2, 0.25) is 5.15 Å². The first-order chi connectivity index (χ1) is 14.8. The van der Waals surface area contributed by atoms with Gasteiger partial charge in [-0.25, -0.2) is 0 Å². The Morgan fingerprint density at radius 1 is 1.16 bits per heavy atom. The van der Waals surface area contributed by atoms with Crippen LogP contribution in [-0.2, 0) is 14.9 Å². The average molecular weight is 459 g/mol. The highest BCUT2D eigenvalue weighted by atomic mass is 35.5. The van der Waals surface area contributed by atoms with Crippen LogP contribution in [0.15, 0.2) is 6.07 Å². The van der Waals surface area contributed by atoms with Crippen molar-refractivity contribution in [2.75, 3.05) is 31.6 Å². The van der Waals surface area contributed by atoms with Crippen molar-refractivity contribution in [1.82, 2.24) is 15.1 Å². The van der Waals surface area contributed by atoms with E-state index in [4.69, 9.17) is 16.3 Å². The minimum absolute atomic E-state index is 0.0218. The minimum Gasteiger partial charge on any atom is -0.381 e. The summed E-state index contributed by atoms with van der Waals surface area (Å²) in [5.41, 5.74) is -1.76. The quantitative estimate of drug-likeness (QED) is 0.743. The molecule has 10 heteroatoms. The van der Waals surface area contributed by atoms with E-state index in [1.54, 1.807) is 0 Å². The number of aromatic nitrogens is 2. The number of carbonyl (C=O) groups is 1. The molecule has 4 aliphatic rings. The second-order valence-corrected chi connectivity index (χ2v) is 9.86. The van der Waals surface area contributed by atoms with Crippen molar-refractivity contribution in [3.05, 3.63) is 16.8 Å². The van der Waals surface area contributed by atoms with Gasteiger partial charge in [-0.05, 0) is 56.4 Å². The number of amides is 1. The molecule has 1 aromatic rings. The fourth-order valence-corrected chi connectivity index (χ4v) is 5.81. The van der Waals surface area contributed by atoms with Crippen molar-refractivity contribution < 1.29 is 22.7 Å². The molecule has 170 valence electrons. The van der Waals surface area contributed by atoms with Gasteiger partial charge in [0.1, 0.15) is 0 Å². The van der Waals surface area contributed by atoms with Crippen molar-refractivity contribution in [3.8, 4) is 0 Å². The summed E-state index contributed by atoms with van der Waals surface area (Å²) in [5, 5.41) is 11.0. The summed E-state index contributed by atoms with van der Waals surface area (Å²) in [7, 11) is 0. The van der Waals surface area contributed by atoms with Crippen molar-refractivity contribution in [2.45, 2.75) is 56.2 Å². The maximum Gasteiger partial charge on any atom is 0.398 e. The topological polar surface area (TPSA) is 67.3 Å². The van der Waals surface area contributed by atoms with Crippen LogP contribution >= 0.6 is 11.6 Å². The Morgan fingerprint density at radius 3 is 2.39 bits per heavy atom. The van der Waals surface area contributed by atoms with Crippen LogP contribution in [0.5, 0.6) is 0 Å². The highest BCUT2D eigenvalue weighted by Gasteiger charge is 2.65. The molecular weight excluding hydrogens is 433 g/mol. The Bertz CT molecular complexity index is 844. The summed E-state index contributed by atoms with van der Waals surface area (Å²) in [6.07, 6.45) is -1.05. The first-order valence-corrected chi connectivity index (χ1v) is 11.4. The molecule has 0 aromatic carbocycles. The van der Waals surface area contributed by atoms with E-state index < -0.39 is 11.6 Å². The SMILES string of the molecule is O=C(C1CCOCC1)N1C[C@H]2CC(Nc3nnc(Cl)cc3C3(C(F)(F)F)CC3)C[C@H]2C1. The number of hydrogen-bond acceptors (Lipinski definition) is 5. The zero-order chi connectivity index (χ0) is 21.8. The Kier molecular flexibility index (Phi) is 5.32. The van der Waals surface area contributed by atoms with Gasteiger partial charge in [0.15, 0.2) is 11.0 Å². The maximum atomic E-state index is 13.7. The summed E-state index contributed by atoms with van der Waals surface area (Å²) in [6.45, 7) is 2.75. The molecule has 1 N–H and O–H groups in total. The molecule has 0 spiro atoms. The van der Waals surface area contributed by atoms with E-state index in [9.17, 15) is 18.0 Å². The molecule has 2 saturated heterocycles. The van der Waals surface area contributed by atoms with E-state index in [0.29, 0.717) is 25.0 Å². The number of ether oxygens (including phenoxy) is 1. The summed E-state index contributed by atoms with van der Waals surface area (Å²) in [4.78, 5) is 14.8. The standard InChI is InChI=1S/C21H26ClF3N4O2/c22-17-9-16(20(3-4-20)21(23,24)25)18(28-27-17)26-15-7-13-10-29(11-14(13)8-15)19(30)12-1-5-31-6-2-12/h9,12-15H,1-8,10-11H2,(H,26,28)/t13-,14+,15?. The molecular formula is C21H26ClF3N4O2. The zero-order valence-corrected chi connectivity index (χ0v) is 17.9. The van der Waals surface area contributed by atoms with Gasteiger partial charge in [-0.2, -0.15) is 13.2 Å². The molecule has 5 rings (SSSR count). The lowest BCUT2D eigenvalue weighted by atomic mass is 9.96. The highest BCUT2D eigenvalue weighted by Crippen LogP contribution is 2.60. The molecule has 31 heavy (non-hydrogen) atoms. The lowest BCUT2D eigenvalue weighted by Crippen LogP contribution is -2.38. The molecule has 1 unspecified atom stereocenters. The number of likely N-dealkylation sites (tertiary alicyclic amines) is 1. The largest absolute Gasteiger partial charge is 0.398 e. The van der Waals surface area contributed by atoms with E-state index in [0.717, 1.165) is 38.8 Å². The number of fused-ring (bicyclic) bond motifs is 1. The predicted octanol–water partition coefficient (Wildman–Crippen LogP) is 3.80. The zero-order valence-electron chi connectivity index (χ0n) is 17.1. The molecule has 1 amide bonds. The maximum absolute atomic E-state index is 13.7. The first-order valence-electron chi connectivity index (χ1n) is 11.0. The number of carbonyl (C=O) groups excluding carboxylic acids is 1. The summed E-state index contributed by atoms with van der Waals surface area (Å²) in [6, 6.07) is 1.33. The number of rotatable bonds is 4. The molecule has 2 aliphatic carbocycles. The molecule has 0 radical (unpaired) electrons. The van der Waals surface area contributed by atoms with Gasteiger partial charge in [-0.3, -0.25) is 4.79 Å². The van der Waals surface area contributed by atoms with Crippen LogP contribution in [0.3, 0.4) is 0 Å². The van der Waals surface area contributed by atoms with Gasteiger partial charge in [0.05, 0.1) is 5.41 Å². The Hall–Kier alpha value is -1.61. The first kappa shape index (κ1) is 21.2. The lowest BCUT2D eigenvalue weighted by Gasteiger charge is -2.27. The van der Waals surface area contributed by atoms with Crippen molar-refractivity contribution in [1.29, 1.82) is 0 Å². The number of halogens is 4. The third kappa shape index (κ3) is 3.88. The van der Waals surface area contributed by atoms with Gasteiger partial charge in [0.25, 0.3) is 0 Å². The van der Waals surface area contributed by atoms with E-state index in [2.05, 4.69) is 15.5 Å². The minimum atomic E-state index is -4.34. The van der Waals surface area contributed by atoms with E-state index >= 15 is 0 Å². The van der Waals surface area contributed by atoms with Gasteiger partial charge in [-0.15, -0.1) is 10.2 Å². The number of nitrogens with zero attached hydrogens (tertiary/aromatic N) is 3.